The summed E-state index contributed by atoms with van der Waals surface area (Å²) in [7, 11) is 1.91. The third-order valence-electron chi connectivity index (χ3n) is 3.09. The van der Waals surface area contributed by atoms with E-state index in [1.807, 2.05) is 37.1 Å². The molecule has 1 N–H and O–H groups in total. The lowest BCUT2D eigenvalue weighted by Crippen LogP contribution is -2.18. The van der Waals surface area contributed by atoms with E-state index >= 15 is 0 Å². The smallest absolute Gasteiger partial charge is 0.338 e. The number of aryl methyl sites for hydroxylation is 1. The van der Waals surface area contributed by atoms with Crippen molar-refractivity contribution in [1.29, 1.82) is 0 Å². The Labute approximate surface area is 122 Å². The number of hydrogen-bond acceptors (Lipinski definition) is 3. The molecule has 0 spiro atoms. The van der Waals surface area contributed by atoms with Gasteiger partial charge in [0.1, 0.15) is 5.82 Å². The summed E-state index contributed by atoms with van der Waals surface area (Å²) in [6.07, 6.45) is 0. The molecule has 0 aliphatic rings. The molecule has 1 heterocycles. The standard InChI is InChI=1S/C16H17FN2O2/c1-11-4-3-5-13(18-11)10-19(2)9-12-6-7-15(17)14(8-12)16(20)21/h3-8H,9-10H2,1-2H3,(H,20,21). The van der Waals surface area contributed by atoms with E-state index in [1.165, 1.54) is 12.1 Å². The van der Waals surface area contributed by atoms with Crippen molar-refractivity contribution in [2.45, 2.75) is 20.0 Å². The number of carboxylic acids is 1. The second-order valence-corrected chi connectivity index (χ2v) is 5.06. The number of rotatable bonds is 5. The van der Waals surface area contributed by atoms with E-state index in [9.17, 15) is 9.18 Å². The number of pyridine rings is 1. The number of aromatic carboxylic acids is 1. The van der Waals surface area contributed by atoms with Crippen molar-refractivity contribution in [3.05, 3.63) is 64.7 Å². The van der Waals surface area contributed by atoms with E-state index in [0.717, 1.165) is 17.0 Å². The highest BCUT2D eigenvalue weighted by Crippen LogP contribution is 2.13. The Bertz CT molecular complexity index is 658. The lowest BCUT2D eigenvalue weighted by Gasteiger charge is -2.17. The molecule has 0 aliphatic carbocycles. The van der Waals surface area contributed by atoms with Gasteiger partial charge in [0.05, 0.1) is 11.3 Å². The molecule has 5 heteroatoms. The van der Waals surface area contributed by atoms with Gasteiger partial charge in [-0.15, -0.1) is 0 Å². The molecule has 21 heavy (non-hydrogen) atoms. The third-order valence-corrected chi connectivity index (χ3v) is 3.09. The van der Waals surface area contributed by atoms with Crippen LogP contribution in [0.15, 0.2) is 36.4 Å². The van der Waals surface area contributed by atoms with Crippen LogP contribution in [0.4, 0.5) is 4.39 Å². The lowest BCUT2D eigenvalue weighted by molar-refractivity contribution is 0.0691. The summed E-state index contributed by atoms with van der Waals surface area (Å²) in [6.45, 7) is 3.10. The molecule has 0 fully saturated rings. The molecule has 0 saturated carbocycles. The van der Waals surface area contributed by atoms with E-state index in [4.69, 9.17) is 5.11 Å². The Balaban J connectivity index is 2.07. The predicted octanol–water partition coefficient (Wildman–Crippen LogP) is 2.86. The number of carboxylic acid groups (broad SMARTS) is 1. The largest absolute Gasteiger partial charge is 0.478 e. The Morgan fingerprint density at radius 1 is 1.29 bits per heavy atom. The number of aromatic nitrogens is 1. The maximum atomic E-state index is 13.3. The summed E-state index contributed by atoms with van der Waals surface area (Å²) in [6, 6.07) is 9.99. The molecule has 0 bridgehead atoms. The van der Waals surface area contributed by atoms with Crippen LogP contribution in [0.25, 0.3) is 0 Å². The first-order valence-corrected chi connectivity index (χ1v) is 6.58. The molecule has 1 aromatic heterocycles. The number of benzene rings is 1. The van der Waals surface area contributed by atoms with Crippen LogP contribution in [0.3, 0.4) is 0 Å². The highest BCUT2D eigenvalue weighted by atomic mass is 19.1. The molecule has 2 rings (SSSR count). The van der Waals surface area contributed by atoms with Gasteiger partial charge in [-0.25, -0.2) is 9.18 Å². The number of halogens is 1. The number of nitrogens with zero attached hydrogens (tertiary/aromatic N) is 2. The highest BCUT2D eigenvalue weighted by Gasteiger charge is 2.12. The first-order valence-electron chi connectivity index (χ1n) is 6.58. The van der Waals surface area contributed by atoms with Crippen molar-refractivity contribution in [2.24, 2.45) is 0 Å². The molecule has 0 atom stereocenters. The molecule has 110 valence electrons. The number of hydrogen-bond donors (Lipinski definition) is 1. The molecule has 1 aromatic carbocycles. The molecule has 0 aliphatic heterocycles. The molecule has 4 nitrogen and oxygen atoms in total. The minimum atomic E-state index is -1.25. The minimum Gasteiger partial charge on any atom is -0.478 e. The van der Waals surface area contributed by atoms with Crippen molar-refractivity contribution < 1.29 is 14.3 Å². The van der Waals surface area contributed by atoms with E-state index in [-0.39, 0.29) is 5.56 Å². The van der Waals surface area contributed by atoms with Crippen molar-refractivity contribution >= 4 is 5.97 Å². The zero-order valence-corrected chi connectivity index (χ0v) is 12.0. The van der Waals surface area contributed by atoms with Gasteiger partial charge in [-0.05, 0) is 43.8 Å². The molecule has 0 saturated heterocycles. The Morgan fingerprint density at radius 3 is 2.71 bits per heavy atom. The first kappa shape index (κ1) is 15.1. The summed E-state index contributed by atoms with van der Waals surface area (Å²) in [5.41, 5.74) is 2.35. The van der Waals surface area contributed by atoms with Crippen LogP contribution in [-0.2, 0) is 13.1 Å². The normalized spacial score (nSPS) is 10.9. The van der Waals surface area contributed by atoms with Gasteiger partial charge in [-0.1, -0.05) is 12.1 Å². The van der Waals surface area contributed by atoms with Gasteiger partial charge in [-0.2, -0.15) is 0 Å². The fourth-order valence-corrected chi connectivity index (χ4v) is 2.17. The van der Waals surface area contributed by atoms with Crippen molar-refractivity contribution in [3.8, 4) is 0 Å². The van der Waals surface area contributed by atoms with Gasteiger partial charge in [0.25, 0.3) is 0 Å². The summed E-state index contributed by atoms with van der Waals surface area (Å²) in [4.78, 5) is 17.3. The van der Waals surface area contributed by atoms with E-state index < -0.39 is 11.8 Å². The van der Waals surface area contributed by atoms with Crippen molar-refractivity contribution in [2.75, 3.05) is 7.05 Å². The van der Waals surface area contributed by atoms with Gasteiger partial charge in [0.2, 0.25) is 0 Å². The maximum absolute atomic E-state index is 13.3. The first-order chi connectivity index (χ1) is 9.95. The van der Waals surface area contributed by atoms with Crippen LogP contribution in [0.2, 0.25) is 0 Å². The lowest BCUT2D eigenvalue weighted by atomic mass is 10.1. The average molecular weight is 288 g/mol. The van der Waals surface area contributed by atoms with Crippen LogP contribution >= 0.6 is 0 Å². The molecule has 0 unspecified atom stereocenters. The second-order valence-electron chi connectivity index (χ2n) is 5.06. The Hall–Kier alpha value is -2.27. The number of carbonyl (C=O) groups is 1. The molecule has 2 aromatic rings. The van der Waals surface area contributed by atoms with Gasteiger partial charge in [-0.3, -0.25) is 9.88 Å². The molecular weight excluding hydrogens is 271 g/mol. The van der Waals surface area contributed by atoms with E-state index in [2.05, 4.69) is 4.98 Å². The average Bonchev–Trinajstić information content (AvgIpc) is 2.40. The second kappa shape index (κ2) is 6.45. The fraction of sp³-hybridized carbons (Fsp3) is 0.250. The zero-order valence-electron chi connectivity index (χ0n) is 12.0. The Morgan fingerprint density at radius 2 is 2.05 bits per heavy atom. The van der Waals surface area contributed by atoms with Crippen LogP contribution < -0.4 is 0 Å². The van der Waals surface area contributed by atoms with Crippen molar-refractivity contribution in [1.82, 2.24) is 9.88 Å². The summed E-state index contributed by atoms with van der Waals surface area (Å²) < 4.78 is 13.3. The van der Waals surface area contributed by atoms with Crippen molar-refractivity contribution in [3.63, 3.8) is 0 Å². The van der Waals surface area contributed by atoms with Crippen LogP contribution in [0.5, 0.6) is 0 Å². The SMILES string of the molecule is Cc1cccc(CN(C)Cc2ccc(F)c(C(=O)O)c2)n1. The van der Waals surface area contributed by atoms with E-state index in [1.54, 1.807) is 6.07 Å². The van der Waals surface area contributed by atoms with Gasteiger partial charge in [0.15, 0.2) is 0 Å². The third kappa shape index (κ3) is 4.10. The fourth-order valence-electron chi connectivity index (χ4n) is 2.17. The summed E-state index contributed by atoms with van der Waals surface area (Å²) in [5.74, 6) is -1.97. The maximum Gasteiger partial charge on any atom is 0.338 e. The molecule has 0 amide bonds. The quantitative estimate of drug-likeness (QED) is 0.919. The van der Waals surface area contributed by atoms with Crippen LogP contribution in [0.1, 0.15) is 27.3 Å². The zero-order chi connectivity index (χ0) is 15.4. The summed E-state index contributed by atoms with van der Waals surface area (Å²) in [5, 5.41) is 8.93. The van der Waals surface area contributed by atoms with Gasteiger partial charge < -0.3 is 5.11 Å². The van der Waals surface area contributed by atoms with Gasteiger partial charge in [0, 0.05) is 18.8 Å². The van der Waals surface area contributed by atoms with Crippen LogP contribution in [0, 0.1) is 12.7 Å². The monoisotopic (exact) mass is 288 g/mol. The topological polar surface area (TPSA) is 53.4 Å². The predicted molar refractivity (Wildman–Crippen MR) is 77.5 cm³/mol. The molecular formula is C16H17FN2O2. The van der Waals surface area contributed by atoms with Gasteiger partial charge >= 0.3 is 5.97 Å². The highest BCUT2D eigenvalue weighted by molar-refractivity contribution is 5.88. The Kier molecular flexibility index (Phi) is 4.65. The molecule has 0 radical (unpaired) electrons. The van der Waals surface area contributed by atoms with E-state index in [0.29, 0.717) is 13.1 Å². The van der Waals surface area contributed by atoms with Crippen LogP contribution in [-0.4, -0.2) is 28.0 Å². The minimum absolute atomic E-state index is 0.297. The summed E-state index contributed by atoms with van der Waals surface area (Å²) >= 11 is 0.